The number of amides is 1. The quantitative estimate of drug-likeness (QED) is 0.244. The highest BCUT2D eigenvalue weighted by Crippen LogP contribution is 2.49. The minimum absolute atomic E-state index is 0.109. The summed E-state index contributed by atoms with van der Waals surface area (Å²) in [5.74, 6) is -1.08. The Morgan fingerprint density at radius 2 is 1.59 bits per heavy atom. The second-order valence-corrected chi connectivity index (χ2v) is 10.8. The normalized spacial score (nSPS) is 16.1. The summed E-state index contributed by atoms with van der Waals surface area (Å²) in [7, 11) is 1.92. The van der Waals surface area contributed by atoms with Crippen molar-refractivity contribution >= 4 is 57.7 Å². The van der Waals surface area contributed by atoms with Gasteiger partial charge >= 0.3 is 5.97 Å². The number of carboxylic acids is 1. The van der Waals surface area contributed by atoms with Gasteiger partial charge in [-0.15, -0.1) is 0 Å². The van der Waals surface area contributed by atoms with E-state index in [0.717, 1.165) is 50.7 Å². The Labute approximate surface area is 235 Å². The number of fused-ring (bicyclic) bond motifs is 1. The second-order valence-electron chi connectivity index (χ2n) is 8.73. The third-order valence-electron chi connectivity index (χ3n) is 6.03. The topological polar surface area (TPSA) is 114 Å². The van der Waals surface area contributed by atoms with E-state index in [1.54, 1.807) is 19.1 Å². The van der Waals surface area contributed by atoms with Gasteiger partial charge in [-0.05, 0) is 79.7 Å². The highest BCUT2D eigenvalue weighted by molar-refractivity contribution is 8.19. The number of Topliss-reactive ketones (excluding diaryl/α,β-unsaturated/α-hetero) is 1. The Morgan fingerprint density at radius 3 is 2.18 bits per heavy atom. The van der Waals surface area contributed by atoms with Crippen molar-refractivity contribution in [1.29, 1.82) is 5.41 Å². The minimum atomic E-state index is -0.991. The van der Waals surface area contributed by atoms with Crippen LogP contribution in [0.5, 0.6) is 0 Å². The maximum atomic E-state index is 13.0. The van der Waals surface area contributed by atoms with Gasteiger partial charge in [0.2, 0.25) is 0 Å². The SMILES string of the molecule is CCNc1ccc(C(C)=O)cc1.CN1/C(=C2/SC(=N)N(Cc3ccc(C(=O)O)cc3)C2=O)Sc2ccccc21. The smallest absolute Gasteiger partial charge is 0.335 e. The number of rotatable bonds is 6. The summed E-state index contributed by atoms with van der Waals surface area (Å²) in [5, 5.41) is 21.4. The molecule has 0 aliphatic carbocycles. The number of hydrogen-bond donors (Lipinski definition) is 3. The monoisotopic (exact) mass is 560 g/mol. The zero-order valence-electron chi connectivity index (χ0n) is 21.7. The van der Waals surface area contributed by atoms with E-state index in [2.05, 4.69) is 5.32 Å². The second kappa shape index (κ2) is 12.2. The lowest BCUT2D eigenvalue weighted by atomic mass is 10.1. The Bertz CT molecular complexity index is 1450. The Hall–Kier alpha value is -4.02. The van der Waals surface area contributed by atoms with Gasteiger partial charge in [-0.25, -0.2) is 4.79 Å². The van der Waals surface area contributed by atoms with Crippen molar-refractivity contribution in [3.63, 3.8) is 0 Å². The van der Waals surface area contributed by atoms with Crippen LogP contribution in [-0.4, -0.2) is 46.4 Å². The van der Waals surface area contributed by atoms with Crippen LogP contribution >= 0.6 is 23.5 Å². The van der Waals surface area contributed by atoms with Gasteiger partial charge in [-0.1, -0.05) is 36.0 Å². The third kappa shape index (κ3) is 6.35. The van der Waals surface area contributed by atoms with Gasteiger partial charge in [0.15, 0.2) is 11.0 Å². The number of carbonyl (C=O) groups excluding carboxylic acids is 2. The predicted molar refractivity (Wildman–Crippen MR) is 158 cm³/mol. The molecule has 0 saturated carbocycles. The van der Waals surface area contributed by atoms with Crippen molar-refractivity contribution in [1.82, 2.24) is 4.90 Å². The highest BCUT2D eigenvalue weighted by Gasteiger charge is 2.38. The van der Waals surface area contributed by atoms with Gasteiger partial charge in [0.25, 0.3) is 5.91 Å². The maximum absolute atomic E-state index is 13.0. The third-order valence-corrected chi connectivity index (χ3v) is 8.38. The number of thioether (sulfide) groups is 2. The van der Waals surface area contributed by atoms with Gasteiger partial charge in [-0.3, -0.25) is 19.9 Å². The number of nitrogens with one attached hydrogen (secondary N) is 2. The minimum Gasteiger partial charge on any atom is -0.478 e. The molecule has 0 radical (unpaired) electrons. The van der Waals surface area contributed by atoms with Crippen LogP contribution in [0.1, 0.15) is 40.1 Å². The van der Waals surface area contributed by atoms with E-state index in [1.807, 2.05) is 67.4 Å². The number of carboxylic acid groups (broad SMARTS) is 1. The lowest BCUT2D eigenvalue weighted by molar-refractivity contribution is -0.122. The summed E-state index contributed by atoms with van der Waals surface area (Å²) in [6.45, 7) is 4.75. The predicted octanol–water partition coefficient (Wildman–Crippen LogP) is 6.13. The van der Waals surface area contributed by atoms with E-state index in [-0.39, 0.29) is 29.0 Å². The molecular formula is C29H28N4O4S2. The number of hydrogen-bond acceptors (Lipinski definition) is 8. The van der Waals surface area contributed by atoms with Crippen molar-refractivity contribution in [2.45, 2.75) is 25.3 Å². The molecule has 1 amide bonds. The number of benzene rings is 3. The molecule has 10 heteroatoms. The molecule has 5 rings (SSSR count). The largest absolute Gasteiger partial charge is 0.478 e. The average molecular weight is 561 g/mol. The first kappa shape index (κ1) is 28.0. The molecule has 0 aromatic heterocycles. The fraction of sp³-hybridized carbons (Fsp3) is 0.172. The molecule has 0 atom stereocenters. The molecule has 3 aromatic carbocycles. The van der Waals surface area contributed by atoms with Crippen LogP contribution in [0.25, 0.3) is 0 Å². The van der Waals surface area contributed by atoms with Crippen molar-refractivity contribution in [2.75, 3.05) is 23.8 Å². The van der Waals surface area contributed by atoms with Gasteiger partial charge in [-0.2, -0.15) is 0 Å². The summed E-state index contributed by atoms with van der Waals surface area (Å²) in [6, 6.07) is 21.8. The standard InChI is InChI=1S/C19H15N3O3S2.C10H13NO/c1-21-13-4-2-3-5-14(13)26-17(21)15-16(23)22(19(20)27-15)10-11-6-8-12(9-7-11)18(24)25;1-3-11-10-6-4-9(5-7-10)8(2)12/h2-9,20H,10H2,1H3,(H,24,25);4-7,11H,3H2,1-2H3/b17-15-,20-19?;. The number of aromatic carboxylic acids is 1. The van der Waals surface area contributed by atoms with Crippen molar-refractivity contribution in [3.05, 3.63) is 99.4 Å². The van der Waals surface area contributed by atoms with Crippen molar-refractivity contribution in [2.24, 2.45) is 0 Å². The molecule has 0 spiro atoms. The molecule has 3 aromatic rings. The van der Waals surface area contributed by atoms with Crippen LogP contribution in [0.15, 0.2) is 87.6 Å². The number of ketones is 1. The fourth-order valence-corrected chi connectivity index (χ4v) is 6.15. The van der Waals surface area contributed by atoms with Crippen molar-refractivity contribution in [3.8, 4) is 0 Å². The summed E-state index contributed by atoms with van der Waals surface area (Å²) < 4.78 is 0. The Morgan fingerprint density at radius 1 is 0.949 bits per heavy atom. The highest BCUT2D eigenvalue weighted by atomic mass is 32.2. The van der Waals surface area contributed by atoms with Gasteiger partial charge in [0, 0.05) is 29.7 Å². The number of carbonyl (C=O) groups is 3. The maximum Gasteiger partial charge on any atom is 0.335 e. The molecule has 2 heterocycles. The lowest BCUT2D eigenvalue weighted by Crippen LogP contribution is -2.28. The van der Waals surface area contributed by atoms with Gasteiger partial charge in [0.05, 0.1) is 22.8 Å². The van der Waals surface area contributed by atoms with Gasteiger partial charge in [0.1, 0.15) is 4.91 Å². The van der Waals surface area contributed by atoms with E-state index in [4.69, 9.17) is 10.5 Å². The molecule has 200 valence electrons. The summed E-state index contributed by atoms with van der Waals surface area (Å²) in [5.41, 5.74) is 3.84. The number of amidine groups is 1. The molecular weight excluding hydrogens is 532 g/mol. The number of nitrogens with zero attached hydrogens (tertiary/aromatic N) is 2. The molecule has 3 N–H and O–H groups in total. The van der Waals surface area contributed by atoms with Crippen LogP contribution in [-0.2, 0) is 11.3 Å². The average Bonchev–Trinajstić information content (AvgIpc) is 3.40. The zero-order valence-corrected chi connectivity index (χ0v) is 23.4. The first-order valence-electron chi connectivity index (χ1n) is 12.2. The Kier molecular flexibility index (Phi) is 8.78. The first-order valence-corrected chi connectivity index (χ1v) is 13.8. The Balaban J connectivity index is 0.000000247. The molecule has 0 unspecified atom stereocenters. The van der Waals surface area contributed by atoms with Gasteiger partial charge < -0.3 is 15.3 Å². The van der Waals surface area contributed by atoms with E-state index < -0.39 is 5.97 Å². The van der Waals surface area contributed by atoms with Crippen LogP contribution in [0.3, 0.4) is 0 Å². The van der Waals surface area contributed by atoms with Crippen molar-refractivity contribution < 1.29 is 19.5 Å². The molecule has 0 bridgehead atoms. The molecule has 1 saturated heterocycles. The molecule has 2 aliphatic rings. The van der Waals surface area contributed by atoms with Crippen LogP contribution in [0.2, 0.25) is 0 Å². The summed E-state index contributed by atoms with van der Waals surface area (Å²) in [4.78, 5) is 39.8. The number of anilines is 2. The molecule has 39 heavy (non-hydrogen) atoms. The fourth-order valence-electron chi connectivity index (χ4n) is 3.95. The molecule has 1 fully saturated rings. The molecule has 8 nitrogen and oxygen atoms in total. The van der Waals surface area contributed by atoms with E-state index >= 15 is 0 Å². The van der Waals surface area contributed by atoms with E-state index in [0.29, 0.717) is 4.91 Å². The van der Waals surface area contributed by atoms with Crippen LogP contribution < -0.4 is 10.2 Å². The van der Waals surface area contributed by atoms with E-state index in [9.17, 15) is 14.4 Å². The summed E-state index contributed by atoms with van der Waals surface area (Å²) >= 11 is 2.70. The molecule has 2 aliphatic heterocycles. The lowest BCUT2D eigenvalue weighted by Gasteiger charge is -2.16. The first-order chi connectivity index (χ1) is 18.7. The van der Waals surface area contributed by atoms with Crippen LogP contribution in [0, 0.1) is 5.41 Å². The van der Waals surface area contributed by atoms with Crippen LogP contribution in [0.4, 0.5) is 11.4 Å². The summed E-state index contributed by atoms with van der Waals surface area (Å²) in [6.07, 6.45) is 0. The van der Waals surface area contributed by atoms with E-state index in [1.165, 1.54) is 28.8 Å². The number of para-hydroxylation sites is 1. The zero-order chi connectivity index (χ0) is 28.1.